The van der Waals surface area contributed by atoms with Gasteiger partial charge in [0.15, 0.2) is 0 Å². The van der Waals surface area contributed by atoms with Crippen molar-refractivity contribution in [2.24, 2.45) is 5.73 Å². The van der Waals surface area contributed by atoms with Crippen LogP contribution in [0.15, 0.2) is 5.38 Å². The number of rotatable bonds is 3. The van der Waals surface area contributed by atoms with Crippen LogP contribution in [0.3, 0.4) is 0 Å². The maximum atomic E-state index is 10.8. The highest BCUT2D eigenvalue weighted by molar-refractivity contribution is 7.09. The molecule has 0 saturated heterocycles. The molecule has 1 heterocycles. The molecule has 0 saturated carbocycles. The molecule has 4 nitrogen and oxygen atoms in total. The predicted octanol–water partition coefficient (Wildman–Crippen LogP) is 0.739. The second-order valence-corrected chi connectivity index (χ2v) is 3.13. The molecule has 74 valence electrons. The van der Waals surface area contributed by atoms with Crippen LogP contribution >= 0.6 is 23.7 Å². The number of aromatic nitrogens is 1. The van der Waals surface area contributed by atoms with Gasteiger partial charge in [0, 0.05) is 11.9 Å². The third-order valence-electron chi connectivity index (χ3n) is 1.33. The zero-order valence-electron chi connectivity index (χ0n) is 7.15. The normalized spacial score (nSPS) is 9.08. The minimum atomic E-state index is -0.274. The summed E-state index contributed by atoms with van der Waals surface area (Å²) in [7, 11) is 1.36. The Hall–Kier alpha value is -0.650. The summed E-state index contributed by atoms with van der Waals surface area (Å²) in [6.07, 6.45) is 0.229. The van der Waals surface area contributed by atoms with Crippen molar-refractivity contribution in [3.8, 4) is 0 Å². The molecule has 1 rings (SSSR count). The summed E-state index contributed by atoms with van der Waals surface area (Å²) in [5, 5.41) is 2.66. The van der Waals surface area contributed by atoms with Crippen molar-refractivity contribution >= 4 is 29.7 Å². The average Bonchev–Trinajstić information content (AvgIpc) is 2.52. The van der Waals surface area contributed by atoms with Gasteiger partial charge in [0.2, 0.25) is 0 Å². The Kier molecular flexibility index (Phi) is 5.61. The minimum absolute atomic E-state index is 0. The molecule has 0 aliphatic carbocycles. The molecular formula is C7H11ClN2O2S. The van der Waals surface area contributed by atoms with Gasteiger partial charge < -0.3 is 10.5 Å². The van der Waals surface area contributed by atoms with Gasteiger partial charge in [-0.05, 0) is 0 Å². The van der Waals surface area contributed by atoms with E-state index in [9.17, 15) is 4.79 Å². The van der Waals surface area contributed by atoms with E-state index < -0.39 is 0 Å². The smallest absolute Gasteiger partial charge is 0.311 e. The number of hydrogen-bond donors (Lipinski definition) is 1. The summed E-state index contributed by atoms with van der Waals surface area (Å²) < 4.78 is 4.49. The van der Waals surface area contributed by atoms with Crippen LogP contribution in [0.5, 0.6) is 0 Å². The molecule has 6 heteroatoms. The van der Waals surface area contributed by atoms with Crippen LogP contribution in [0.4, 0.5) is 0 Å². The van der Waals surface area contributed by atoms with E-state index >= 15 is 0 Å². The first-order valence-electron chi connectivity index (χ1n) is 3.46. The summed E-state index contributed by atoms with van der Waals surface area (Å²) in [6.45, 7) is 0.422. The Morgan fingerprint density at radius 2 is 2.46 bits per heavy atom. The maximum Gasteiger partial charge on any atom is 0.311 e. The summed E-state index contributed by atoms with van der Waals surface area (Å²) >= 11 is 1.46. The van der Waals surface area contributed by atoms with Crippen LogP contribution < -0.4 is 5.73 Å². The number of carbonyl (C=O) groups is 1. The van der Waals surface area contributed by atoms with Crippen LogP contribution in [0.1, 0.15) is 10.7 Å². The topological polar surface area (TPSA) is 65.2 Å². The van der Waals surface area contributed by atoms with E-state index in [1.54, 1.807) is 0 Å². The fourth-order valence-corrected chi connectivity index (χ4v) is 1.42. The molecular weight excluding hydrogens is 212 g/mol. The Bertz CT molecular complexity index is 277. The van der Waals surface area contributed by atoms with Gasteiger partial charge in [0.25, 0.3) is 0 Å². The summed E-state index contributed by atoms with van der Waals surface area (Å²) in [5.74, 6) is -0.274. The first kappa shape index (κ1) is 12.3. The molecule has 0 fully saturated rings. The van der Waals surface area contributed by atoms with Gasteiger partial charge in [-0.15, -0.1) is 23.7 Å². The third-order valence-corrected chi connectivity index (χ3v) is 2.25. The van der Waals surface area contributed by atoms with Crippen LogP contribution in [0.25, 0.3) is 0 Å². The van der Waals surface area contributed by atoms with Gasteiger partial charge in [-0.1, -0.05) is 0 Å². The molecule has 1 aromatic rings. The predicted molar refractivity (Wildman–Crippen MR) is 53.0 cm³/mol. The third kappa shape index (κ3) is 3.71. The van der Waals surface area contributed by atoms with Gasteiger partial charge in [-0.2, -0.15) is 0 Å². The molecule has 0 atom stereocenters. The van der Waals surface area contributed by atoms with E-state index in [0.717, 1.165) is 10.7 Å². The fraction of sp³-hybridized carbons (Fsp3) is 0.429. The molecule has 2 N–H and O–H groups in total. The molecule has 0 aromatic carbocycles. The summed E-state index contributed by atoms with van der Waals surface area (Å²) in [6, 6.07) is 0. The van der Waals surface area contributed by atoms with E-state index in [1.807, 2.05) is 5.38 Å². The van der Waals surface area contributed by atoms with E-state index in [2.05, 4.69) is 9.72 Å². The van der Waals surface area contributed by atoms with Crippen molar-refractivity contribution < 1.29 is 9.53 Å². The second kappa shape index (κ2) is 5.90. The highest BCUT2D eigenvalue weighted by Gasteiger charge is 2.05. The first-order valence-corrected chi connectivity index (χ1v) is 4.34. The zero-order chi connectivity index (χ0) is 8.97. The van der Waals surface area contributed by atoms with Gasteiger partial charge >= 0.3 is 5.97 Å². The number of nitrogens with zero attached hydrogens (tertiary/aromatic N) is 1. The Morgan fingerprint density at radius 1 is 1.77 bits per heavy atom. The van der Waals surface area contributed by atoms with Crippen LogP contribution in [-0.4, -0.2) is 18.1 Å². The lowest BCUT2D eigenvalue weighted by Crippen LogP contribution is -2.05. The number of thiazole rings is 1. The highest BCUT2D eigenvalue weighted by Crippen LogP contribution is 2.09. The van der Waals surface area contributed by atoms with Crippen LogP contribution in [-0.2, 0) is 22.5 Å². The van der Waals surface area contributed by atoms with Gasteiger partial charge in [-0.3, -0.25) is 4.79 Å². The highest BCUT2D eigenvalue weighted by atomic mass is 35.5. The van der Waals surface area contributed by atoms with Crippen molar-refractivity contribution in [1.29, 1.82) is 0 Å². The van der Waals surface area contributed by atoms with E-state index in [0.29, 0.717) is 6.54 Å². The Balaban J connectivity index is 0.00000144. The molecule has 0 spiro atoms. The summed E-state index contributed by atoms with van der Waals surface area (Å²) in [5.41, 5.74) is 6.09. The Morgan fingerprint density at radius 3 is 2.92 bits per heavy atom. The number of carbonyl (C=O) groups excluding carboxylic acids is 1. The maximum absolute atomic E-state index is 10.8. The Labute approximate surface area is 86.5 Å². The lowest BCUT2D eigenvalue weighted by molar-refractivity contribution is -0.139. The number of hydrogen-bond acceptors (Lipinski definition) is 5. The standard InChI is InChI=1S/C7H10N2O2S.ClH/c1-11-7(10)2-5-4-12-6(3-8)9-5;/h4H,2-3,8H2,1H3;1H. The van der Waals surface area contributed by atoms with Crippen molar-refractivity contribution in [1.82, 2.24) is 4.98 Å². The van der Waals surface area contributed by atoms with Crippen molar-refractivity contribution in [2.75, 3.05) is 7.11 Å². The SMILES string of the molecule is COC(=O)Cc1csc(CN)n1.Cl. The van der Waals surface area contributed by atoms with E-state index in [-0.39, 0.29) is 24.8 Å². The van der Waals surface area contributed by atoms with Gasteiger partial charge in [0.05, 0.1) is 19.2 Å². The van der Waals surface area contributed by atoms with Crippen molar-refractivity contribution in [2.45, 2.75) is 13.0 Å². The molecule has 0 aliphatic heterocycles. The molecule has 1 aromatic heterocycles. The monoisotopic (exact) mass is 222 g/mol. The van der Waals surface area contributed by atoms with Gasteiger partial charge in [0.1, 0.15) is 5.01 Å². The lowest BCUT2D eigenvalue weighted by Gasteiger charge is -1.93. The number of ether oxygens (including phenoxy) is 1. The number of halogens is 1. The zero-order valence-corrected chi connectivity index (χ0v) is 8.78. The van der Waals surface area contributed by atoms with Gasteiger partial charge in [-0.25, -0.2) is 4.98 Å². The molecule has 13 heavy (non-hydrogen) atoms. The quantitative estimate of drug-likeness (QED) is 0.767. The van der Waals surface area contributed by atoms with Crippen LogP contribution in [0.2, 0.25) is 0 Å². The molecule has 0 amide bonds. The largest absolute Gasteiger partial charge is 0.469 e. The van der Waals surface area contributed by atoms with Crippen molar-refractivity contribution in [3.05, 3.63) is 16.1 Å². The average molecular weight is 223 g/mol. The lowest BCUT2D eigenvalue weighted by atomic mass is 10.3. The van der Waals surface area contributed by atoms with Crippen LogP contribution in [0, 0.1) is 0 Å². The molecule has 0 unspecified atom stereocenters. The second-order valence-electron chi connectivity index (χ2n) is 2.19. The molecule has 0 bridgehead atoms. The molecule has 0 radical (unpaired) electrons. The summed E-state index contributed by atoms with van der Waals surface area (Å²) in [4.78, 5) is 14.9. The minimum Gasteiger partial charge on any atom is -0.469 e. The van der Waals surface area contributed by atoms with E-state index in [1.165, 1.54) is 18.4 Å². The fourth-order valence-electron chi connectivity index (χ4n) is 0.744. The first-order chi connectivity index (χ1) is 5.76. The van der Waals surface area contributed by atoms with Crippen molar-refractivity contribution in [3.63, 3.8) is 0 Å². The van der Waals surface area contributed by atoms with E-state index in [4.69, 9.17) is 5.73 Å². The number of esters is 1. The molecule has 0 aliphatic rings. The number of nitrogens with two attached hydrogens (primary N) is 1. The number of methoxy groups -OCH3 is 1.